The van der Waals surface area contributed by atoms with Crippen molar-refractivity contribution in [3.05, 3.63) is 57.0 Å². The Balaban J connectivity index is 1.39. The molecule has 1 unspecified atom stereocenters. The number of nitrogens with zero attached hydrogens (tertiary/aromatic N) is 6. The molecule has 196 valence electrons. The second-order valence-electron chi connectivity index (χ2n) is 8.31. The van der Waals surface area contributed by atoms with Crippen LogP contribution in [-0.4, -0.2) is 69.9 Å². The van der Waals surface area contributed by atoms with Crippen LogP contribution in [-0.2, 0) is 6.18 Å². The first-order chi connectivity index (χ1) is 17.5. The molecule has 1 atom stereocenters. The summed E-state index contributed by atoms with van der Waals surface area (Å²) in [5.41, 5.74) is -0.916. The number of thiazole rings is 1. The summed E-state index contributed by atoms with van der Waals surface area (Å²) in [6.07, 6.45) is -1.26. The Bertz CT molecular complexity index is 1300. The van der Waals surface area contributed by atoms with E-state index in [4.69, 9.17) is 11.6 Å². The number of alkyl halides is 3. The predicted octanol–water partition coefficient (Wildman–Crippen LogP) is 3.50. The minimum atomic E-state index is -4.69. The third-order valence-electron chi connectivity index (χ3n) is 5.58. The van der Waals surface area contributed by atoms with Crippen molar-refractivity contribution in [1.29, 1.82) is 0 Å². The molecule has 3 aromatic heterocycles. The standard InChI is InChI=1S/C22H22ClF3N8O2S/c1-12(31-19(35)15-8-18(30-11-29-15)34-5-3-33(2)4-6-34)21-28-10-16(37-21)20(36)32-17-7-13(22(24,25)26)14(23)9-27-17/h7-12H,3-6H2,1-2H3,(H,31,35)(H,27,32,36). The van der Waals surface area contributed by atoms with Crippen LogP contribution >= 0.6 is 22.9 Å². The van der Waals surface area contributed by atoms with Gasteiger partial charge in [-0.15, -0.1) is 11.3 Å². The number of piperazine rings is 1. The molecule has 4 rings (SSSR count). The summed E-state index contributed by atoms with van der Waals surface area (Å²) in [5, 5.41) is 4.95. The molecule has 10 nitrogen and oxygen atoms in total. The lowest BCUT2D eigenvalue weighted by Crippen LogP contribution is -2.45. The van der Waals surface area contributed by atoms with Crippen molar-refractivity contribution in [1.82, 2.24) is 30.2 Å². The van der Waals surface area contributed by atoms with Crippen molar-refractivity contribution in [2.24, 2.45) is 0 Å². The molecular weight excluding hydrogens is 533 g/mol. The molecule has 1 aliphatic heterocycles. The lowest BCUT2D eigenvalue weighted by molar-refractivity contribution is -0.137. The van der Waals surface area contributed by atoms with Crippen LogP contribution in [0.15, 0.2) is 30.9 Å². The second kappa shape index (κ2) is 10.9. The van der Waals surface area contributed by atoms with Crippen LogP contribution in [0.3, 0.4) is 0 Å². The van der Waals surface area contributed by atoms with Gasteiger partial charge in [-0.25, -0.2) is 19.9 Å². The van der Waals surface area contributed by atoms with Crippen LogP contribution in [0.5, 0.6) is 0 Å². The van der Waals surface area contributed by atoms with Crippen molar-refractivity contribution < 1.29 is 22.8 Å². The van der Waals surface area contributed by atoms with Gasteiger partial charge in [-0.2, -0.15) is 13.2 Å². The zero-order valence-corrected chi connectivity index (χ0v) is 21.3. The molecule has 0 aliphatic carbocycles. The zero-order valence-electron chi connectivity index (χ0n) is 19.7. The molecule has 15 heteroatoms. The highest BCUT2D eigenvalue weighted by molar-refractivity contribution is 7.13. The highest BCUT2D eigenvalue weighted by Crippen LogP contribution is 2.35. The minimum absolute atomic E-state index is 0.126. The normalized spacial score (nSPS) is 15.4. The Morgan fingerprint density at radius 3 is 2.49 bits per heavy atom. The molecule has 1 aliphatic rings. The quantitative estimate of drug-likeness (QED) is 0.476. The van der Waals surface area contributed by atoms with Crippen molar-refractivity contribution >= 4 is 46.4 Å². The topological polar surface area (TPSA) is 116 Å². The van der Waals surface area contributed by atoms with Gasteiger partial charge in [-0.3, -0.25) is 9.59 Å². The molecule has 37 heavy (non-hydrogen) atoms. The number of pyridine rings is 1. The van der Waals surface area contributed by atoms with E-state index in [1.807, 2.05) is 7.05 Å². The highest BCUT2D eigenvalue weighted by Gasteiger charge is 2.34. The van der Waals surface area contributed by atoms with Gasteiger partial charge >= 0.3 is 6.18 Å². The van der Waals surface area contributed by atoms with Crippen LogP contribution in [0, 0.1) is 0 Å². The van der Waals surface area contributed by atoms with Crippen molar-refractivity contribution in [2.75, 3.05) is 43.4 Å². The fraction of sp³-hybridized carbons (Fsp3) is 0.364. The van der Waals surface area contributed by atoms with Gasteiger partial charge in [0.15, 0.2) is 0 Å². The maximum Gasteiger partial charge on any atom is 0.418 e. The van der Waals surface area contributed by atoms with E-state index < -0.39 is 34.6 Å². The number of carbonyl (C=O) groups excluding carboxylic acids is 2. The Morgan fingerprint density at radius 2 is 1.78 bits per heavy atom. The predicted molar refractivity (Wildman–Crippen MR) is 132 cm³/mol. The summed E-state index contributed by atoms with van der Waals surface area (Å²) >= 11 is 6.55. The summed E-state index contributed by atoms with van der Waals surface area (Å²) in [6.45, 7) is 5.05. The van der Waals surface area contributed by atoms with Gasteiger partial charge in [0.25, 0.3) is 11.8 Å². The lowest BCUT2D eigenvalue weighted by atomic mass is 10.2. The first-order valence-corrected chi connectivity index (χ1v) is 12.3. The summed E-state index contributed by atoms with van der Waals surface area (Å²) in [5.74, 6) is -0.772. The molecule has 0 aromatic carbocycles. The van der Waals surface area contributed by atoms with E-state index >= 15 is 0 Å². The van der Waals surface area contributed by atoms with E-state index in [2.05, 4.69) is 40.4 Å². The molecule has 2 amide bonds. The van der Waals surface area contributed by atoms with Gasteiger partial charge in [-0.05, 0) is 20.0 Å². The number of rotatable bonds is 6. The smallest absolute Gasteiger partial charge is 0.354 e. The average molecular weight is 555 g/mol. The minimum Gasteiger partial charge on any atom is -0.354 e. The number of likely N-dealkylation sites (N-methyl/N-ethyl adjacent to an activating group) is 1. The third kappa shape index (κ3) is 6.50. The van der Waals surface area contributed by atoms with Gasteiger partial charge in [0, 0.05) is 38.4 Å². The number of carbonyl (C=O) groups is 2. The summed E-state index contributed by atoms with van der Waals surface area (Å²) in [7, 11) is 2.05. The number of amides is 2. The first-order valence-electron chi connectivity index (χ1n) is 11.1. The monoisotopic (exact) mass is 554 g/mol. The number of aromatic nitrogens is 4. The molecule has 2 N–H and O–H groups in total. The fourth-order valence-corrected chi connectivity index (χ4v) is 4.53. The molecule has 0 radical (unpaired) electrons. The van der Waals surface area contributed by atoms with E-state index in [0.29, 0.717) is 16.9 Å². The molecule has 1 fully saturated rings. The summed E-state index contributed by atoms with van der Waals surface area (Å²) in [4.78, 5) is 46.0. The summed E-state index contributed by atoms with van der Waals surface area (Å²) < 4.78 is 39.2. The molecule has 0 saturated carbocycles. The van der Waals surface area contributed by atoms with E-state index in [0.717, 1.165) is 43.7 Å². The molecule has 0 spiro atoms. The summed E-state index contributed by atoms with van der Waals surface area (Å²) in [6, 6.07) is 1.72. The fourth-order valence-electron chi connectivity index (χ4n) is 3.51. The Kier molecular flexibility index (Phi) is 7.90. The van der Waals surface area contributed by atoms with Crippen LogP contribution in [0.4, 0.5) is 24.8 Å². The van der Waals surface area contributed by atoms with Crippen LogP contribution in [0.2, 0.25) is 5.02 Å². The van der Waals surface area contributed by atoms with Gasteiger partial charge < -0.3 is 20.4 Å². The number of halogens is 4. The van der Waals surface area contributed by atoms with E-state index in [9.17, 15) is 22.8 Å². The van der Waals surface area contributed by atoms with Crippen LogP contribution in [0.1, 0.15) is 43.7 Å². The highest BCUT2D eigenvalue weighted by atomic mass is 35.5. The van der Waals surface area contributed by atoms with E-state index in [-0.39, 0.29) is 16.4 Å². The van der Waals surface area contributed by atoms with Crippen molar-refractivity contribution in [3.63, 3.8) is 0 Å². The zero-order chi connectivity index (χ0) is 26.7. The number of hydrogen-bond acceptors (Lipinski definition) is 9. The van der Waals surface area contributed by atoms with Gasteiger partial charge in [-0.1, -0.05) is 11.6 Å². The van der Waals surface area contributed by atoms with Crippen LogP contribution in [0.25, 0.3) is 0 Å². The van der Waals surface area contributed by atoms with Crippen LogP contribution < -0.4 is 15.5 Å². The Labute approximate surface area is 218 Å². The Morgan fingerprint density at radius 1 is 1.05 bits per heavy atom. The van der Waals surface area contributed by atoms with E-state index in [1.165, 1.54) is 12.5 Å². The average Bonchev–Trinajstić information content (AvgIpc) is 3.36. The number of hydrogen-bond donors (Lipinski definition) is 2. The molecule has 1 saturated heterocycles. The molecule has 4 heterocycles. The third-order valence-corrected chi connectivity index (χ3v) is 7.06. The van der Waals surface area contributed by atoms with E-state index in [1.54, 1.807) is 13.0 Å². The Hall–Kier alpha value is -3.36. The first kappa shape index (κ1) is 26.7. The largest absolute Gasteiger partial charge is 0.418 e. The van der Waals surface area contributed by atoms with Crippen molar-refractivity contribution in [3.8, 4) is 0 Å². The maximum absolute atomic E-state index is 13.1. The number of anilines is 2. The molecular formula is C22H22ClF3N8O2S. The van der Waals surface area contributed by atoms with Gasteiger partial charge in [0.1, 0.15) is 33.5 Å². The molecule has 0 bridgehead atoms. The van der Waals surface area contributed by atoms with Gasteiger partial charge in [0.05, 0.1) is 22.8 Å². The SMILES string of the molecule is CC(NC(=O)c1cc(N2CCN(C)CC2)ncn1)c1ncc(C(=O)Nc2cc(C(F)(F)F)c(Cl)cn2)s1. The van der Waals surface area contributed by atoms with Crippen molar-refractivity contribution in [2.45, 2.75) is 19.1 Å². The van der Waals surface area contributed by atoms with Gasteiger partial charge in [0.2, 0.25) is 0 Å². The lowest BCUT2D eigenvalue weighted by Gasteiger charge is -2.33. The maximum atomic E-state index is 13.1. The second-order valence-corrected chi connectivity index (χ2v) is 9.78. The molecule has 3 aromatic rings. The number of nitrogens with one attached hydrogen (secondary N) is 2.